The molecule has 0 unspecified atom stereocenters. The molecular formula is C10H9O2Rh-. The third-order valence-corrected chi connectivity index (χ3v) is 2.00. The first kappa shape index (κ1) is 10.4. The fourth-order valence-corrected chi connectivity index (χ4v) is 1.39. The SMILES string of the molecule is [CH2-][C@H]1CC(=O)Oc2ccccc21.[Rh]. The van der Waals surface area contributed by atoms with Crippen LogP contribution in [0.25, 0.3) is 0 Å². The minimum Gasteiger partial charge on any atom is -0.426 e. The number of carbonyl (C=O) groups is 1. The van der Waals surface area contributed by atoms with Crippen LogP contribution in [-0.4, -0.2) is 5.97 Å². The molecule has 0 spiro atoms. The second-order valence-electron chi connectivity index (χ2n) is 2.91. The molecule has 0 saturated heterocycles. The van der Waals surface area contributed by atoms with Gasteiger partial charge in [-0.05, 0) is 11.6 Å². The van der Waals surface area contributed by atoms with Crippen LogP contribution in [0.3, 0.4) is 0 Å². The summed E-state index contributed by atoms with van der Waals surface area (Å²) in [7, 11) is 0. The van der Waals surface area contributed by atoms with Gasteiger partial charge in [-0.25, -0.2) is 0 Å². The van der Waals surface area contributed by atoms with Crippen LogP contribution in [0, 0.1) is 6.92 Å². The molecule has 0 saturated carbocycles. The van der Waals surface area contributed by atoms with E-state index in [0.29, 0.717) is 12.2 Å². The molecule has 1 aromatic carbocycles. The van der Waals surface area contributed by atoms with Crippen LogP contribution in [0.1, 0.15) is 17.9 Å². The molecule has 0 amide bonds. The number of hydrogen-bond donors (Lipinski definition) is 0. The molecule has 13 heavy (non-hydrogen) atoms. The molecule has 1 aliphatic rings. The van der Waals surface area contributed by atoms with Gasteiger partial charge in [-0.15, -0.1) is 5.92 Å². The summed E-state index contributed by atoms with van der Waals surface area (Å²) >= 11 is 0. The van der Waals surface area contributed by atoms with Gasteiger partial charge in [0.15, 0.2) is 0 Å². The Kier molecular flexibility index (Phi) is 3.21. The smallest absolute Gasteiger partial charge is 0.309 e. The third-order valence-electron chi connectivity index (χ3n) is 2.00. The Balaban J connectivity index is 0.000000845. The van der Waals surface area contributed by atoms with E-state index in [9.17, 15) is 4.79 Å². The van der Waals surface area contributed by atoms with Crippen LogP contribution < -0.4 is 4.74 Å². The molecule has 0 bridgehead atoms. The van der Waals surface area contributed by atoms with E-state index in [0.717, 1.165) is 5.56 Å². The van der Waals surface area contributed by atoms with E-state index in [1.807, 2.05) is 18.2 Å². The summed E-state index contributed by atoms with van der Waals surface area (Å²) in [5.41, 5.74) is 1.03. The number of carbonyl (C=O) groups excluding carboxylic acids is 1. The minimum atomic E-state index is -0.186. The maximum atomic E-state index is 11.0. The molecule has 0 N–H and O–H groups in total. The first-order valence-electron chi connectivity index (χ1n) is 3.90. The van der Waals surface area contributed by atoms with Gasteiger partial charge in [0.2, 0.25) is 0 Å². The van der Waals surface area contributed by atoms with Gasteiger partial charge in [0, 0.05) is 25.9 Å². The zero-order valence-electron chi connectivity index (χ0n) is 6.95. The summed E-state index contributed by atoms with van der Waals surface area (Å²) in [6, 6.07) is 7.52. The maximum absolute atomic E-state index is 11.0. The van der Waals surface area contributed by atoms with Gasteiger partial charge in [-0.3, -0.25) is 4.79 Å². The molecular weight excluding hydrogens is 255 g/mol. The first-order valence-corrected chi connectivity index (χ1v) is 3.90. The van der Waals surface area contributed by atoms with Crippen molar-refractivity contribution in [2.45, 2.75) is 12.3 Å². The van der Waals surface area contributed by atoms with Crippen molar-refractivity contribution in [3.05, 3.63) is 36.8 Å². The molecule has 1 aliphatic heterocycles. The van der Waals surface area contributed by atoms with Gasteiger partial charge in [0.1, 0.15) is 5.75 Å². The summed E-state index contributed by atoms with van der Waals surface area (Å²) in [5.74, 6) is 0.518. The van der Waals surface area contributed by atoms with Crippen molar-refractivity contribution in [1.82, 2.24) is 0 Å². The normalized spacial score (nSPS) is 19.8. The molecule has 1 atom stereocenters. The van der Waals surface area contributed by atoms with Crippen LogP contribution in [0.2, 0.25) is 0 Å². The summed E-state index contributed by atoms with van der Waals surface area (Å²) in [6.45, 7) is 3.89. The third kappa shape index (κ3) is 1.97. The van der Waals surface area contributed by atoms with E-state index in [1.54, 1.807) is 6.07 Å². The van der Waals surface area contributed by atoms with E-state index in [-0.39, 0.29) is 31.4 Å². The van der Waals surface area contributed by atoms with E-state index in [4.69, 9.17) is 4.74 Å². The average Bonchev–Trinajstić information content (AvgIpc) is 2.04. The number of rotatable bonds is 0. The number of esters is 1. The van der Waals surface area contributed by atoms with Gasteiger partial charge in [-0.1, -0.05) is 18.2 Å². The van der Waals surface area contributed by atoms with Gasteiger partial charge < -0.3 is 11.7 Å². The molecule has 1 heterocycles. The van der Waals surface area contributed by atoms with Gasteiger partial charge in [0.05, 0.1) is 0 Å². The molecule has 1 radical (unpaired) electrons. The van der Waals surface area contributed by atoms with Gasteiger partial charge in [0.25, 0.3) is 0 Å². The standard InChI is InChI=1S/C10H9O2.Rh/c1-7-6-10(11)12-9-5-3-2-4-8(7)9;/h2-5,7H,1,6H2;/q-1;/t7-;/m0./s1. The minimum absolute atomic E-state index is 0. The van der Waals surface area contributed by atoms with Crippen molar-refractivity contribution < 1.29 is 29.0 Å². The fraction of sp³-hybridized carbons (Fsp3) is 0.200. The summed E-state index contributed by atoms with van der Waals surface area (Å²) in [4.78, 5) is 11.0. The van der Waals surface area contributed by atoms with E-state index in [2.05, 4.69) is 6.92 Å². The molecule has 2 rings (SSSR count). The second-order valence-corrected chi connectivity index (χ2v) is 2.91. The van der Waals surface area contributed by atoms with Crippen molar-refractivity contribution in [2.75, 3.05) is 0 Å². The predicted molar refractivity (Wildman–Crippen MR) is 44.8 cm³/mol. The molecule has 71 valence electrons. The second kappa shape index (κ2) is 4.01. The van der Waals surface area contributed by atoms with Crippen LogP contribution in [0.4, 0.5) is 0 Å². The van der Waals surface area contributed by atoms with Gasteiger partial charge in [-0.2, -0.15) is 0 Å². The zero-order chi connectivity index (χ0) is 8.55. The molecule has 0 aromatic heterocycles. The van der Waals surface area contributed by atoms with E-state index >= 15 is 0 Å². The summed E-state index contributed by atoms with van der Waals surface area (Å²) < 4.78 is 5.02. The molecule has 3 heteroatoms. The number of para-hydroxylation sites is 1. The Morgan fingerprint density at radius 3 is 2.85 bits per heavy atom. The topological polar surface area (TPSA) is 26.3 Å². The van der Waals surface area contributed by atoms with Crippen LogP contribution in [-0.2, 0) is 24.3 Å². The van der Waals surface area contributed by atoms with Crippen molar-refractivity contribution in [3.63, 3.8) is 0 Å². The van der Waals surface area contributed by atoms with E-state index < -0.39 is 0 Å². The zero-order valence-corrected chi connectivity index (χ0v) is 8.59. The molecule has 0 aliphatic carbocycles. The van der Waals surface area contributed by atoms with E-state index in [1.165, 1.54) is 0 Å². The van der Waals surface area contributed by atoms with Crippen molar-refractivity contribution in [2.24, 2.45) is 0 Å². The number of hydrogen-bond acceptors (Lipinski definition) is 2. The Hall–Kier alpha value is -0.687. The number of ether oxygens (including phenoxy) is 1. The van der Waals surface area contributed by atoms with Crippen molar-refractivity contribution in [3.8, 4) is 5.75 Å². The Morgan fingerprint density at radius 2 is 2.08 bits per heavy atom. The first-order chi connectivity index (χ1) is 5.77. The maximum Gasteiger partial charge on any atom is 0.309 e. The molecule has 1 aromatic rings. The molecule has 0 fully saturated rings. The summed E-state index contributed by atoms with van der Waals surface area (Å²) in [5, 5.41) is 0. The fourth-order valence-electron chi connectivity index (χ4n) is 1.39. The number of fused-ring (bicyclic) bond motifs is 1. The van der Waals surface area contributed by atoms with Crippen molar-refractivity contribution >= 4 is 5.97 Å². The van der Waals surface area contributed by atoms with Crippen LogP contribution in [0.15, 0.2) is 24.3 Å². The van der Waals surface area contributed by atoms with Crippen LogP contribution >= 0.6 is 0 Å². The predicted octanol–water partition coefficient (Wildman–Crippen LogP) is 1.91. The number of benzene rings is 1. The Morgan fingerprint density at radius 1 is 1.38 bits per heavy atom. The van der Waals surface area contributed by atoms with Crippen molar-refractivity contribution in [1.29, 1.82) is 0 Å². The Labute approximate surface area is 90.0 Å². The quantitative estimate of drug-likeness (QED) is 0.309. The summed E-state index contributed by atoms with van der Waals surface area (Å²) in [6.07, 6.45) is 0.386. The van der Waals surface area contributed by atoms with Gasteiger partial charge >= 0.3 is 5.97 Å². The molecule has 2 nitrogen and oxygen atoms in total. The largest absolute Gasteiger partial charge is 0.426 e. The van der Waals surface area contributed by atoms with Crippen LogP contribution in [0.5, 0.6) is 5.75 Å². The Bertz CT molecular complexity index is 322. The monoisotopic (exact) mass is 264 g/mol. The average molecular weight is 264 g/mol.